The molecule has 6 nitrogen and oxygen atoms in total. The Hall–Kier alpha value is -3.42. The second kappa shape index (κ2) is 10.3. The van der Waals surface area contributed by atoms with Crippen molar-refractivity contribution in [3.63, 3.8) is 0 Å². The Balaban J connectivity index is 1.26. The van der Waals surface area contributed by atoms with Crippen molar-refractivity contribution in [3.05, 3.63) is 87.3 Å². The van der Waals surface area contributed by atoms with Gasteiger partial charge in [0.1, 0.15) is 5.75 Å². The van der Waals surface area contributed by atoms with Crippen molar-refractivity contribution < 1.29 is 14.3 Å². The fraction of sp³-hybridized carbons (Fsp3) is 0.214. The van der Waals surface area contributed by atoms with Crippen molar-refractivity contribution in [1.29, 1.82) is 0 Å². The van der Waals surface area contributed by atoms with E-state index >= 15 is 0 Å². The van der Waals surface area contributed by atoms with E-state index < -0.39 is 0 Å². The number of ether oxygens (including phenoxy) is 1. The molecule has 184 valence electrons. The number of piperazine rings is 1. The minimum Gasteiger partial charge on any atom is -0.497 e. The quantitative estimate of drug-likeness (QED) is 0.448. The SMILES string of the molecule is COc1ccc(/C=C2/Sc3ccc(C(=O)N4CCN(c5cc(Cl)ccc5C)CC4)cc3NC2=O)cc1. The van der Waals surface area contributed by atoms with Crippen LogP contribution in [-0.2, 0) is 4.79 Å². The van der Waals surface area contributed by atoms with E-state index in [1.165, 1.54) is 17.3 Å². The van der Waals surface area contributed by atoms with E-state index in [0.717, 1.165) is 35.0 Å². The Labute approximate surface area is 219 Å². The Bertz CT molecular complexity index is 1350. The topological polar surface area (TPSA) is 61.9 Å². The summed E-state index contributed by atoms with van der Waals surface area (Å²) in [6, 6.07) is 18.9. The molecule has 2 heterocycles. The number of anilines is 2. The molecule has 2 amide bonds. The lowest BCUT2D eigenvalue weighted by atomic mass is 10.1. The molecule has 0 bridgehead atoms. The Morgan fingerprint density at radius 1 is 1.03 bits per heavy atom. The van der Waals surface area contributed by atoms with Crippen molar-refractivity contribution in [2.24, 2.45) is 0 Å². The smallest absolute Gasteiger partial charge is 0.262 e. The van der Waals surface area contributed by atoms with Crippen molar-refractivity contribution in [3.8, 4) is 5.75 Å². The molecule has 1 N–H and O–H groups in total. The Morgan fingerprint density at radius 3 is 2.50 bits per heavy atom. The van der Waals surface area contributed by atoms with E-state index in [1.54, 1.807) is 13.2 Å². The first kappa shape index (κ1) is 24.3. The summed E-state index contributed by atoms with van der Waals surface area (Å²) in [6.07, 6.45) is 1.85. The van der Waals surface area contributed by atoms with Gasteiger partial charge in [-0.05, 0) is 66.6 Å². The number of rotatable bonds is 4. The number of hydrogen-bond acceptors (Lipinski definition) is 5. The summed E-state index contributed by atoms with van der Waals surface area (Å²) in [4.78, 5) is 31.6. The fourth-order valence-corrected chi connectivity index (χ4v) is 5.50. The molecule has 3 aromatic carbocycles. The van der Waals surface area contributed by atoms with E-state index in [4.69, 9.17) is 16.3 Å². The summed E-state index contributed by atoms with van der Waals surface area (Å²) in [7, 11) is 1.62. The maximum Gasteiger partial charge on any atom is 0.262 e. The van der Waals surface area contributed by atoms with E-state index in [2.05, 4.69) is 17.1 Å². The van der Waals surface area contributed by atoms with Crippen LogP contribution in [0.25, 0.3) is 6.08 Å². The van der Waals surface area contributed by atoms with Gasteiger partial charge in [-0.3, -0.25) is 9.59 Å². The highest BCUT2D eigenvalue weighted by Crippen LogP contribution is 2.39. The van der Waals surface area contributed by atoms with E-state index in [9.17, 15) is 9.59 Å². The number of aryl methyl sites for hydroxylation is 1. The van der Waals surface area contributed by atoms with Crippen LogP contribution in [0, 0.1) is 6.92 Å². The first-order valence-electron chi connectivity index (χ1n) is 11.7. The number of fused-ring (bicyclic) bond motifs is 1. The van der Waals surface area contributed by atoms with Gasteiger partial charge in [-0.15, -0.1) is 0 Å². The largest absolute Gasteiger partial charge is 0.497 e. The molecular weight excluding hydrogens is 494 g/mol. The van der Waals surface area contributed by atoms with Crippen LogP contribution in [0.3, 0.4) is 0 Å². The summed E-state index contributed by atoms with van der Waals surface area (Å²) in [5.41, 5.74) is 4.43. The zero-order valence-electron chi connectivity index (χ0n) is 20.1. The minimum absolute atomic E-state index is 0.0286. The predicted molar refractivity (Wildman–Crippen MR) is 146 cm³/mol. The molecule has 5 rings (SSSR count). The molecule has 3 aromatic rings. The summed E-state index contributed by atoms with van der Waals surface area (Å²) in [5.74, 6) is 0.555. The molecule has 1 saturated heterocycles. The van der Waals surface area contributed by atoms with Crippen LogP contribution >= 0.6 is 23.4 Å². The maximum atomic E-state index is 13.2. The van der Waals surface area contributed by atoms with Crippen LogP contribution in [0.2, 0.25) is 5.02 Å². The highest BCUT2D eigenvalue weighted by atomic mass is 35.5. The van der Waals surface area contributed by atoms with Gasteiger partial charge >= 0.3 is 0 Å². The van der Waals surface area contributed by atoms with Gasteiger partial charge < -0.3 is 19.9 Å². The lowest BCUT2D eigenvalue weighted by molar-refractivity contribution is -0.112. The van der Waals surface area contributed by atoms with Crippen LogP contribution in [0.15, 0.2) is 70.5 Å². The second-order valence-corrected chi connectivity index (χ2v) is 10.3. The summed E-state index contributed by atoms with van der Waals surface area (Å²) < 4.78 is 5.19. The third-order valence-electron chi connectivity index (χ3n) is 6.41. The number of carbonyl (C=O) groups excluding carboxylic acids is 2. The second-order valence-electron chi connectivity index (χ2n) is 8.76. The van der Waals surface area contributed by atoms with Gasteiger partial charge in [-0.25, -0.2) is 0 Å². The molecule has 0 saturated carbocycles. The number of hydrogen-bond donors (Lipinski definition) is 1. The summed E-state index contributed by atoms with van der Waals surface area (Å²) in [6.45, 7) is 4.80. The first-order valence-corrected chi connectivity index (χ1v) is 12.9. The molecule has 0 spiro atoms. The predicted octanol–water partition coefficient (Wildman–Crippen LogP) is 5.70. The summed E-state index contributed by atoms with van der Waals surface area (Å²) >= 11 is 7.59. The average Bonchev–Trinajstić information content (AvgIpc) is 2.90. The monoisotopic (exact) mass is 519 g/mol. The number of methoxy groups -OCH3 is 1. The molecule has 36 heavy (non-hydrogen) atoms. The van der Waals surface area contributed by atoms with Gasteiger partial charge in [0, 0.05) is 47.3 Å². The van der Waals surface area contributed by atoms with Crippen molar-refractivity contribution in [1.82, 2.24) is 4.90 Å². The molecule has 0 radical (unpaired) electrons. The van der Waals surface area contributed by atoms with E-state index in [0.29, 0.717) is 34.3 Å². The van der Waals surface area contributed by atoms with Crippen LogP contribution in [0.4, 0.5) is 11.4 Å². The van der Waals surface area contributed by atoms with Crippen molar-refractivity contribution in [2.45, 2.75) is 11.8 Å². The van der Waals surface area contributed by atoms with Crippen LogP contribution in [0.5, 0.6) is 5.75 Å². The number of thioether (sulfide) groups is 1. The van der Waals surface area contributed by atoms with Crippen molar-refractivity contribution in [2.75, 3.05) is 43.5 Å². The number of nitrogens with zero attached hydrogens (tertiary/aromatic N) is 2. The summed E-state index contributed by atoms with van der Waals surface area (Å²) in [5, 5.41) is 3.66. The number of halogens is 1. The van der Waals surface area contributed by atoms with Gasteiger partial charge in [0.05, 0.1) is 17.7 Å². The molecule has 0 atom stereocenters. The number of nitrogens with one attached hydrogen (secondary N) is 1. The third kappa shape index (κ3) is 5.08. The van der Waals surface area contributed by atoms with Crippen molar-refractivity contribution >= 4 is 52.6 Å². The molecule has 0 aromatic heterocycles. The van der Waals surface area contributed by atoms with Crippen LogP contribution < -0.4 is 15.0 Å². The highest BCUT2D eigenvalue weighted by molar-refractivity contribution is 8.04. The number of benzene rings is 3. The third-order valence-corrected chi connectivity index (χ3v) is 7.74. The van der Waals surface area contributed by atoms with Crippen LogP contribution in [-0.4, -0.2) is 50.0 Å². The lowest BCUT2D eigenvalue weighted by Gasteiger charge is -2.37. The lowest BCUT2D eigenvalue weighted by Crippen LogP contribution is -2.49. The van der Waals surface area contributed by atoms with Crippen LogP contribution in [0.1, 0.15) is 21.5 Å². The first-order chi connectivity index (χ1) is 17.4. The zero-order valence-corrected chi connectivity index (χ0v) is 21.7. The zero-order chi connectivity index (χ0) is 25.2. The number of carbonyl (C=O) groups is 2. The Morgan fingerprint density at radius 2 is 1.78 bits per heavy atom. The molecular formula is C28H26ClN3O3S. The van der Waals surface area contributed by atoms with Gasteiger partial charge in [0.15, 0.2) is 0 Å². The molecule has 2 aliphatic heterocycles. The molecule has 1 fully saturated rings. The molecule has 2 aliphatic rings. The minimum atomic E-state index is -0.182. The maximum absolute atomic E-state index is 13.2. The van der Waals surface area contributed by atoms with E-state index in [1.807, 2.05) is 65.6 Å². The molecule has 0 unspecified atom stereocenters. The van der Waals surface area contributed by atoms with Gasteiger partial charge in [0.25, 0.3) is 11.8 Å². The van der Waals surface area contributed by atoms with Gasteiger partial charge in [0.2, 0.25) is 0 Å². The standard InChI is InChI=1S/C28H26ClN3O3S/c1-18-3-7-21(29)17-24(18)31-11-13-32(14-12-31)28(34)20-6-10-25-23(16-20)30-27(33)26(36-25)15-19-4-8-22(35-2)9-5-19/h3-10,15-17H,11-14H2,1-2H3,(H,30,33)/b26-15+. The molecule has 0 aliphatic carbocycles. The van der Waals surface area contributed by atoms with Gasteiger partial charge in [-0.1, -0.05) is 41.6 Å². The molecule has 8 heteroatoms. The Kier molecular flexibility index (Phi) is 6.94. The number of amides is 2. The fourth-order valence-electron chi connectivity index (χ4n) is 4.40. The highest BCUT2D eigenvalue weighted by Gasteiger charge is 2.26. The van der Waals surface area contributed by atoms with Gasteiger partial charge in [-0.2, -0.15) is 0 Å². The van der Waals surface area contributed by atoms with E-state index in [-0.39, 0.29) is 11.8 Å². The normalized spacial score (nSPS) is 16.5. The average molecular weight is 520 g/mol.